The van der Waals surface area contributed by atoms with Crippen LogP contribution in [0.2, 0.25) is 0 Å². The van der Waals surface area contributed by atoms with Gasteiger partial charge in [-0.3, -0.25) is 9.59 Å². The summed E-state index contributed by atoms with van der Waals surface area (Å²) in [5.74, 6) is -0.0316. The van der Waals surface area contributed by atoms with Crippen molar-refractivity contribution in [1.82, 2.24) is 9.88 Å². The van der Waals surface area contributed by atoms with Gasteiger partial charge in [0.05, 0.1) is 6.04 Å². The zero-order valence-electron chi connectivity index (χ0n) is 14.1. The van der Waals surface area contributed by atoms with E-state index >= 15 is 0 Å². The number of H-pyrrole nitrogens is 1. The fraction of sp³-hybridized carbons (Fsp3) is 0.368. The lowest BCUT2D eigenvalue weighted by atomic mass is 10.0. The third-order valence-electron chi connectivity index (χ3n) is 4.75. The molecule has 1 aromatic heterocycles. The molecule has 1 N–H and O–H groups in total. The lowest BCUT2D eigenvalue weighted by Gasteiger charge is -2.25. The van der Waals surface area contributed by atoms with Crippen LogP contribution in [0.1, 0.15) is 63.5 Å². The fourth-order valence-corrected chi connectivity index (χ4v) is 4.12. The molecule has 0 aliphatic carbocycles. The Bertz CT molecular complexity index is 810. The lowest BCUT2D eigenvalue weighted by Crippen LogP contribution is -2.31. The number of benzene rings is 1. The second-order valence-electron chi connectivity index (χ2n) is 6.39. The van der Waals surface area contributed by atoms with Crippen molar-refractivity contribution >= 4 is 27.6 Å². The third-order valence-corrected chi connectivity index (χ3v) is 5.24. The Balaban J connectivity index is 1.95. The van der Waals surface area contributed by atoms with Crippen LogP contribution in [0.15, 0.2) is 28.7 Å². The van der Waals surface area contributed by atoms with Crippen LogP contribution < -0.4 is 0 Å². The quantitative estimate of drug-likeness (QED) is 0.782. The van der Waals surface area contributed by atoms with E-state index < -0.39 is 0 Å². The fourth-order valence-electron chi connectivity index (χ4n) is 3.71. The monoisotopic (exact) mass is 388 g/mol. The molecule has 2 heterocycles. The van der Waals surface area contributed by atoms with Crippen molar-refractivity contribution in [2.45, 2.75) is 39.7 Å². The zero-order chi connectivity index (χ0) is 17.4. The van der Waals surface area contributed by atoms with E-state index in [1.807, 2.05) is 30.9 Å². The second kappa shape index (κ2) is 6.55. The summed E-state index contributed by atoms with van der Waals surface area (Å²) in [4.78, 5) is 30.0. The van der Waals surface area contributed by atoms with E-state index in [0.717, 1.165) is 40.7 Å². The summed E-state index contributed by atoms with van der Waals surface area (Å²) < 4.78 is 1.02. The Morgan fingerprint density at radius 1 is 1.29 bits per heavy atom. The van der Waals surface area contributed by atoms with Crippen LogP contribution in [0.4, 0.5) is 0 Å². The van der Waals surface area contributed by atoms with Crippen molar-refractivity contribution in [2.75, 3.05) is 6.54 Å². The van der Waals surface area contributed by atoms with E-state index in [1.54, 1.807) is 0 Å². The van der Waals surface area contributed by atoms with Gasteiger partial charge in [-0.05, 0) is 56.9 Å². The number of nitrogens with zero attached hydrogens (tertiary/aromatic N) is 1. The number of hydrogen-bond donors (Lipinski definition) is 1. The molecule has 1 aliphatic heterocycles. The van der Waals surface area contributed by atoms with Crippen LogP contribution in [0.5, 0.6) is 0 Å². The first-order valence-corrected chi connectivity index (χ1v) is 8.96. The standard InChI is InChI=1S/C19H21BrN2O2/c1-11-17(13(3)23)12(2)21-18(11)19(24)22-9-5-8-16(22)14-6-4-7-15(20)10-14/h4,6-7,10,16,21H,5,8-9H2,1-3H3/t16-/m0/s1. The highest BCUT2D eigenvalue weighted by Gasteiger charge is 2.33. The van der Waals surface area contributed by atoms with Crippen LogP contribution in [-0.4, -0.2) is 28.1 Å². The molecule has 2 aromatic rings. The van der Waals surface area contributed by atoms with Crippen LogP contribution in [0.25, 0.3) is 0 Å². The Morgan fingerprint density at radius 3 is 2.67 bits per heavy atom. The number of nitrogens with one attached hydrogen (secondary N) is 1. The van der Waals surface area contributed by atoms with E-state index in [2.05, 4.69) is 33.0 Å². The average Bonchev–Trinajstić information content (AvgIpc) is 3.11. The smallest absolute Gasteiger partial charge is 0.271 e. The van der Waals surface area contributed by atoms with E-state index in [-0.39, 0.29) is 17.7 Å². The predicted molar refractivity (Wildman–Crippen MR) is 97.4 cm³/mol. The van der Waals surface area contributed by atoms with Gasteiger partial charge in [0.1, 0.15) is 5.69 Å². The number of aryl methyl sites for hydroxylation is 1. The molecule has 1 amide bonds. The average molecular weight is 389 g/mol. The largest absolute Gasteiger partial charge is 0.354 e. The number of likely N-dealkylation sites (tertiary alicyclic amines) is 1. The van der Waals surface area contributed by atoms with Crippen LogP contribution >= 0.6 is 15.9 Å². The molecule has 0 radical (unpaired) electrons. The highest BCUT2D eigenvalue weighted by atomic mass is 79.9. The van der Waals surface area contributed by atoms with Gasteiger partial charge in [0.15, 0.2) is 5.78 Å². The Morgan fingerprint density at radius 2 is 2.04 bits per heavy atom. The summed E-state index contributed by atoms with van der Waals surface area (Å²) in [6.07, 6.45) is 1.95. The SMILES string of the molecule is CC(=O)c1c(C)[nH]c(C(=O)N2CCC[C@H]2c2cccc(Br)c2)c1C. The molecule has 3 rings (SSSR count). The van der Waals surface area contributed by atoms with Crippen molar-refractivity contribution in [3.63, 3.8) is 0 Å². The maximum absolute atomic E-state index is 13.1. The molecule has 0 bridgehead atoms. The summed E-state index contributed by atoms with van der Waals surface area (Å²) in [5, 5.41) is 0. The summed E-state index contributed by atoms with van der Waals surface area (Å²) in [5.41, 5.74) is 3.84. The molecule has 1 aromatic carbocycles. The maximum Gasteiger partial charge on any atom is 0.271 e. The molecular formula is C19H21BrN2O2. The number of aromatic nitrogens is 1. The van der Waals surface area contributed by atoms with E-state index in [9.17, 15) is 9.59 Å². The molecular weight excluding hydrogens is 368 g/mol. The molecule has 1 saturated heterocycles. The Labute approximate surface area is 150 Å². The second-order valence-corrected chi connectivity index (χ2v) is 7.31. The molecule has 1 aliphatic rings. The van der Waals surface area contributed by atoms with E-state index in [0.29, 0.717) is 11.3 Å². The van der Waals surface area contributed by atoms with Gasteiger partial charge in [-0.2, -0.15) is 0 Å². The number of carbonyl (C=O) groups excluding carboxylic acids is 2. The van der Waals surface area contributed by atoms with E-state index in [1.165, 1.54) is 6.92 Å². The molecule has 4 nitrogen and oxygen atoms in total. The minimum absolute atomic E-state index is 0.00902. The first-order valence-electron chi connectivity index (χ1n) is 8.16. The topological polar surface area (TPSA) is 53.2 Å². The molecule has 0 unspecified atom stereocenters. The van der Waals surface area contributed by atoms with Crippen molar-refractivity contribution < 1.29 is 9.59 Å². The lowest BCUT2D eigenvalue weighted by molar-refractivity contribution is 0.0729. The van der Waals surface area contributed by atoms with Gasteiger partial charge < -0.3 is 9.88 Å². The summed E-state index contributed by atoms with van der Waals surface area (Å²) in [6, 6.07) is 8.21. The Kier molecular flexibility index (Phi) is 4.63. The maximum atomic E-state index is 13.1. The van der Waals surface area contributed by atoms with Gasteiger partial charge in [-0.15, -0.1) is 0 Å². The molecule has 0 saturated carbocycles. The van der Waals surface area contributed by atoms with Crippen LogP contribution in [-0.2, 0) is 0 Å². The van der Waals surface area contributed by atoms with Gasteiger partial charge in [-0.25, -0.2) is 0 Å². The minimum atomic E-state index is -0.0226. The van der Waals surface area contributed by atoms with Crippen molar-refractivity contribution in [3.05, 3.63) is 56.8 Å². The molecule has 126 valence electrons. The first-order chi connectivity index (χ1) is 11.4. The molecule has 5 heteroatoms. The summed E-state index contributed by atoms with van der Waals surface area (Å²) in [7, 11) is 0. The molecule has 1 atom stereocenters. The molecule has 0 spiro atoms. The van der Waals surface area contributed by atoms with Gasteiger partial charge in [0.25, 0.3) is 5.91 Å². The number of hydrogen-bond acceptors (Lipinski definition) is 2. The minimum Gasteiger partial charge on any atom is -0.354 e. The van der Waals surface area contributed by atoms with Crippen molar-refractivity contribution in [2.24, 2.45) is 0 Å². The molecule has 1 fully saturated rings. The highest BCUT2D eigenvalue weighted by Crippen LogP contribution is 2.35. The van der Waals surface area contributed by atoms with Crippen molar-refractivity contribution in [1.29, 1.82) is 0 Å². The summed E-state index contributed by atoms with van der Waals surface area (Å²) in [6.45, 7) is 5.97. The first kappa shape index (κ1) is 17.0. The van der Waals surface area contributed by atoms with Gasteiger partial charge in [0.2, 0.25) is 0 Å². The number of amides is 1. The summed E-state index contributed by atoms with van der Waals surface area (Å²) >= 11 is 3.50. The molecule has 24 heavy (non-hydrogen) atoms. The third kappa shape index (κ3) is 2.93. The highest BCUT2D eigenvalue weighted by molar-refractivity contribution is 9.10. The van der Waals surface area contributed by atoms with Gasteiger partial charge >= 0.3 is 0 Å². The van der Waals surface area contributed by atoms with Crippen molar-refractivity contribution in [3.8, 4) is 0 Å². The number of aromatic amines is 1. The number of halogens is 1. The van der Waals surface area contributed by atoms with Gasteiger partial charge in [-0.1, -0.05) is 28.1 Å². The van der Waals surface area contributed by atoms with E-state index in [4.69, 9.17) is 0 Å². The number of rotatable bonds is 3. The number of Topliss-reactive ketones (excluding diaryl/α,β-unsaturated/α-hetero) is 1. The van der Waals surface area contributed by atoms with Crippen LogP contribution in [0, 0.1) is 13.8 Å². The van der Waals surface area contributed by atoms with Crippen LogP contribution in [0.3, 0.4) is 0 Å². The van der Waals surface area contributed by atoms with Gasteiger partial charge in [0, 0.05) is 22.3 Å². The number of carbonyl (C=O) groups is 2. The Hall–Kier alpha value is -1.88. The zero-order valence-corrected chi connectivity index (χ0v) is 15.7. The normalized spacial score (nSPS) is 17.3. The number of ketones is 1. The predicted octanol–water partition coefficient (Wildman–Crippen LogP) is 4.57.